The number of aliphatic carboxylic acids is 1. The first-order valence-electron chi connectivity index (χ1n) is 11.7. The van der Waals surface area contributed by atoms with Gasteiger partial charge in [-0.05, 0) is 60.7 Å². The molecule has 0 radical (unpaired) electrons. The predicted molar refractivity (Wildman–Crippen MR) is 134 cm³/mol. The highest BCUT2D eigenvalue weighted by Gasteiger charge is 2.52. The molecule has 0 saturated heterocycles. The standard InChI is InChI=1S/C27H31ClO8/c1-34-21-12-7-19(8-13-21)9-14-24(30)36-23-17-27(26(32)33,16-22(29)25(23)31)35-15-3-2-4-18-5-10-20(28)11-6-18/h5-14,22-23,25,29,31H,2-4,15-17H2,1H3,(H,32,33)/t22-,23+,25+,27-/m0/s1. The van der Waals surface area contributed by atoms with Crippen molar-refractivity contribution < 1.29 is 39.1 Å². The Hall–Kier alpha value is -2.91. The quantitative estimate of drug-likeness (QED) is 0.234. The van der Waals surface area contributed by atoms with Crippen LogP contribution in [0.4, 0.5) is 0 Å². The van der Waals surface area contributed by atoms with Crippen molar-refractivity contribution in [2.75, 3.05) is 13.7 Å². The molecule has 1 saturated carbocycles. The van der Waals surface area contributed by atoms with Crippen molar-refractivity contribution in [3.8, 4) is 5.75 Å². The molecule has 0 amide bonds. The lowest BCUT2D eigenvalue weighted by atomic mass is 9.79. The lowest BCUT2D eigenvalue weighted by molar-refractivity contribution is -0.207. The van der Waals surface area contributed by atoms with E-state index in [4.69, 9.17) is 25.8 Å². The van der Waals surface area contributed by atoms with Gasteiger partial charge in [0, 0.05) is 30.5 Å². The zero-order valence-electron chi connectivity index (χ0n) is 20.0. The molecular weight excluding hydrogens is 488 g/mol. The van der Waals surface area contributed by atoms with Gasteiger partial charge in [-0.15, -0.1) is 0 Å². The van der Waals surface area contributed by atoms with Crippen molar-refractivity contribution in [3.05, 3.63) is 70.8 Å². The summed E-state index contributed by atoms with van der Waals surface area (Å²) >= 11 is 5.89. The Bertz CT molecular complexity index is 1040. The number of esters is 1. The summed E-state index contributed by atoms with van der Waals surface area (Å²) in [7, 11) is 1.55. The monoisotopic (exact) mass is 518 g/mol. The number of aliphatic hydroxyl groups is 2. The molecule has 2 aromatic carbocycles. The van der Waals surface area contributed by atoms with Crippen molar-refractivity contribution >= 4 is 29.6 Å². The van der Waals surface area contributed by atoms with Gasteiger partial charge >= 0.3 is 11.9 Å². The summed E-state index contributed by atoms with van der Waals surface area (Å²) in [6.45, 7) is 0.140. The van der Waals surface area contributed by atoms with Crippen molar-refractivity contribution in [1.82, 2.24) is 0 Å². The first-order chi connectivity index (χ1) is 17.2. The van der Waals surface area contributed by atoms with Crippen LogP contribution in [0.1, 0.15) is 36.8 Å². The molecule has 1 aliphatic carbocycles. The number of halogens is 1. The molecule has 0 spiro atoms. The number of aliphatic hydroxyl groups excluding tert-OH is 2. The third-order valence-electron chi connectivity index (χ3n) is 6.18. The van der Waals surface area contributed by atoms with Crippen LogP contribution < -0.4 is 4.74 Å². The number of rotatable bonds is 11. The Morgan fingerprint density at radius 2 is 1.75 bits per heavy atom. The Balaban J connectivity index is 1.56. The molecule has 36 heavy (non-hydrogen) atoms. The molecule has 1 aliphatic rings. The molecule has 2 aromatic rings. The summed E-state index contributed by atoms with van der Waals surface area (Å²) in [5.74, 6) is -1.38. The number of unbranched alkanes of at least 4 members (excludes halogenated alkanes) is 1. The van der Waals surface area contributed by atoms with Crippen LogP contribution in [0, 0.1) is 0 Å². The Kier molecular flexibility index (Phi) is 9.89. The van der Waals surface area contributed by atoms with E-state index in [0.29, 0.717) is 17.2 Å². The summed E-state index contributed by atoms with van der Waals surface area (Å²) < 4.78 is 16.2. The van der Waals surface area contributed by atoms with E-state index in [2.05, 4.69) is 0 Å². The van der Waals surface area contributed by atoms with E-state index in [1.54, 1.807) is 31.4 Å². The van der Waals surface area contributed by atoms with Gasteiger partial charge < -0.3 is 29.5 Å². The van der Waals surface area contributed by atoms with Crippen LogP contribution in [0.15, 0.2) is 54.6 Å². The molecule has 0 bridgehead atoms. The zero-order chi connectivity index (χ0) is 26.1. The van der Waals surface area contributed by atoms with Gasteiger partial charge in [0.25, 0.3) is 0 Å². The highest BCUT2D eigenvalue weighted by atomic mass is 35.5. The first-order valence-corrected chi connectivity index (χ1v) is 12.1. The fourth-order valence-electron chi connectivity index (χ4n) is 4.12. The maximum Gasteiger partial charge on any atom is 0.336 e. The number of carboxylic acids is 1. The topological polar surface area (TPSA) is 123 Å². The number of methoxy groups -OCH3 is 1. The predicted octanol–water partition coefficient (Wildman–Crippen LogP) is 3.65. The number of ether oxygens (including phenoxy) is 3. The normalized spacial score (nSPS) is 23.9. The fourth-order valence-corrected chi connectivity index (χ4v) is 4.24. The maximum absolute atomic E-state index is 12.4. The maximum atomic E-state index is 12.4. The average Bonchev–Trinajstić information content (AvgIpc) is 2.86. The van der Waals surface area contributed by atoms with E-state index in [1.165, 1.54) is 12.2 Å². The Morgan fingerprint density at radius 1 is 1.06 bits per heavy atom. The number of carbonyl (C=O) groups excluding carboxylic acids is 1. The highest BCUT2D eigenvalue weighted by Crippen LogP contribution is 2.35. The molecule has 0 aliphatic heterocycles. The second-order valence-corrected chi connectivity index (χ2v) is 9.22. The van der Waals surface area contributed by atoms with Crippen molar-refractivity contribution in [2.45, 2.75) is 56.0 Å². The number of benzene rings is 2. The van der Waals surface area contributed by atoms with Gasteiger partial charge in [0.1, 0.15) is 18.0 Å². The van der Waals surface area contributed by atoms with E-state index >= 15 is 0 Å². The number of carbonyl (C=O) groups is 2. The lowest BCUT2D eigenvalue weighted by Gasteiger charge is -2.41. The summed E-state index contributed by atoms with van der Waals surface area (Å²) in [5.41, 5.74) is 0.0563. The first kappa shape index (κ1) is 27.7. The van der Waals surface area contributed by atoms with Gasteiger partial charge in [-0.2, -0.15) is 0 Å². The molecule has 194 valence electrons. The number of hydrogen-bond donors (Lipinski definition) is 3. The third kappa shape index (κ3) is 7.54. The van der Waals surface area contributed by atoms with Crippen molar-refractivity contribution in [1.29, 1.82) is 0 Å². The number of aryl methyl sites for hydroxylation is 1. The zero-order valence-corrected chi connectivity index (χ0v) is 20.8. The summed E-state index contributed by atoms with van der Waals surface area (Å²) in [6, 6.07) is 14.5. The van der Waals surface area contributed by atoms with E-state index in [9.17, 15) is 24.9 Å². The second kappa shape index (κ2) is 12.9. The van der Waals surface area contributed by atoms with Crippen LogP contribution in [-0.4, -0.2) is 64.9 Å². The van der Waals surface area contributed by atoms with E-state index in [0.717, 1.165) is 24.0 Å². The molecule has 0 unspecified atom stereocenters. The molecule has 3 N–H and O–H groups in total. The molecule has 3 rings (SSSR count). The highest BCUT2D eigenvalue weighted by molar-refractivity contribution is 6.30. The molecule has 4 atom stereocenters. The van der Waals surface area contributed by atoms with Gasteiger partial charge in [0.2, 0.25) is 0 Å². The molecular formula is C27H31ClO8. The minimum atomic E-state index is -1.77. The average molecular weight is 519 g/mol. The van der Waals surface area contributed by atoms with Crippen LogP contribution in [0.5, 0.6) is 5.75 Å². The summed E-state index contributed by atoms with van der Waals surface area (Å²) in [4.78, 5) is 24.5. The molecule has 0 aromatic heterocycles. The fraction of sp³-hybridized carbons (Fsp3) is 0.407. The minimum absolute atomic E-state index is 0.140. The summed E-state index contributed by atoms with van der Waals surface area (Å²) in [6.07, 6.45) is 0.148. The van der Waals surface area contributed by atoms with Crippen LogP contribution in [0.3, 0.4) is 0 Å². The SMILES string of the molecule is COc1ccc(C=CC(=O)O[C@@H]2C[C@](OCCCCc3ccc(Cl)cc3)(C(=O)O)C[C@H](O)[C@H]2O)cc1. The third-order valence-corrected chi connectivity index (χ3v) is 6.43. The van der Waals surface area contributed by atoms with Crippen molar-refractivity contribution in [3.63, 3.8) is 0 Å². The summed E-state index contributed by atoms with van der Waals surface area (Å²) in [5, 5.41) is 31.3. The molecule has 8 nitrogen and oxygen atoms in total. The lowest BCUT2D eigenvalue weighted by Crippen LogP contribution is -2.58. The van der Waals surface area contributed by atoms with Gasteiger partial charge in [-0.25, -0.2) is 9.59 Å². The minimum Gasteiger partial charge on any atom is -0.497 e. The second-order valence-electron chi connectivity index (χ2n) is 8.78. The smallest absolute Gasteiger partial charge is 0.336 e. The Morgan fingerprint density at radius 3 is 2.39 bits per heavy atom. The molecule has 0 heterocycles. The van der Waals surface area contributed by atoms with E-state index in [1.807, 2.05) is 24.3 Å². The van der Waals surface area contributed by atoms with Crippen LogP contribution >= 0.6 is 11.6 Å². The molecule has 9 heteroatoms. The van der Waals surface area contributed by atoms with E-state index in [-0.39, 0.29) is 19.4 Å². The van der Waals surface area contributed by atoms with Crippen LogP contribution in [-0.2, 0) is 25.5 Å². The van der Waals surface area contributed by atoms with Gasteiger partial charge in [-0.3, -0.25) is 0 Å². The Labute approximate surface area is 215 Å². The van der Waals surface area contributed by atoms with Crippen LogP contribution in [0.2, 0.25) is 5.02 Å². The van der Waals surface area contributed by atoms with Gasteiger partial charge in [-0.1, -0.05) is 35.9 Å². The largest absolute Gasteiger partial charge is 0.497 e. The number of hydrogen-bond acceptors (Lipinski definition) is 7. The molecule has 1 fully saturated rings. The van der Waals surface area contributed by atoms with Crippen molar-refractivity contribution in [2.24, 2.45) is 0 Å². The number of carboxylic acid groups (broad SMARTS) is 1. The van der Waals surface area contributed by atoms with Gasteiger partial charge in [0.15, 0.2) is 5.60 Å². The van der Waals surface area contributed by atoms with E-state index < -0.39 is 35.9 Å². The van der Waals surface area contributed by atoms with Crippen LogP contribution in [0.25, 0.3) is 6.08 Å². The van der Waals surface area contributed by atoms with Gasteiger partial charge in [0.05, 0.1) is 13.2 Å².